The maximum absolute atomic E-state index is 13.2. The maximum Gasteiger partial charge on any atom is 0.234 e. The first-order chi connectivity index (χ1) is 16.0. The quantitative estimate of drug-likeness (QED) is 0.350. The summed E-state index contributed by atoms with van der Waals surface area (Å²) in [5.74, 6) is -0.163. The second-order valence-corrected chi connectivity index (χ2v) is 8.22. The molecule has 168 valence electrons. The molecule has 9 heteroatoms. The van der Waals surface area contributed by atoms with E-state index in [1.54, 1.807) is 12.1 Å². The highest BCUT2D eigenvalue weighted by atomic mass is 32.2. The molecule has 0 saturated carbocycles. The topological polar surface area (TPSA) is 71.8 Å². The summed E-state index contributed by atoms with van der Waals surface area (Å²) >= 11 is 1.25. The zero-order valence-corrected chi connectivity index (χ0v) is 18.6. The van der Waals surface area contributed by atoms with Gasteiger partial charge in [0.15, 0.2) is 11.0 Å². The number of halogens is 2. The molecule has 0 fully saturated rings. The van der Waals surface area contributed by atoms with Crippen LogP contribution in [-0.4, -0.2) is 26.4 Å². The second kappa shape index (κ2) is 10.3. The lowest BCUT2D eigenvalue weighted by Crippen LogP contribution is -2.15. The summed E-state index contributed by atoms with van der Waals surface area (Å²) in [4.78, 5) is 12.4. The van der Waals surface area contributed by atoms with Gasteiger partial charge >= 0.3 is 0 Å². The molecule has 0 aliphatic carbocycles. The van der Waals surface area contributed by atoms with Crippen molar-refractivity contribution in [3.8, 4) is 5.69 Å². The molecule has 0 bridgehead atoms. The number of nitrogens with zero attached hydrogens (tertiary/aromatic N) is 3. The third kappa shape index (κ3) is 5.95. The van der Waals surface area contributed by atoms with Crippen LogP contribution in [0, 0.1) is 18.6 Å². The van der Waals surface area contributed by atoms with Crippen LogP contribution in [-0.2, 0) is 11.3 Å². The lowest BCUT2D eigenvalue weighted by atomic mass is 10.2. The van der Waals surface area contributed by atoms with Crippen LogP contribution in [0.5, 0.6) is 0 Å². The zero-order valence-electron chi connectivity index (χ0n) is 17.8. The standard InChI is InChI=1S/C24H21F2N5OS/c1-16-2-12-21(13-3-16)31-22(14-27-19-8-4-17(25)5-9-19)29-30-24(31)33-15-23(32)28-20-10-6-18(26)7-11-20/h2-13,27H,14-15H2,1H3,(H,28,32). The number of hydrogen-bond acceptors (Lipinski definition) is 5. The number of hydrogen-bond donors (Lipinski definition) is 2. The van der Waals surface area contributed by atoms with Gasteiger partial charge in [0.1, 0.15) is 11.6 Å². The lowest BCUT2D eigenvalue weighted by Gasteiger charge is -2.12. The third-order valence-electron chi connectivity index (χ3n) is 4.75. The van der Waals surface area contributed by atoms with Gasteiger partial charge in [-0.25, -0.2) is 8.78 Å². The van der Waals surface area contributed by atoms with E-state index >= 15 is 0 Å². The van der Waals surface area contributed by atoms with Gasteiger partial charge in [0.25, 0.3) is 0 Å². The fourth-order valence-electron chi connectivity index (χ4n) is 3.07. The smallest absolute Gasteiger partial charge is 0.234 e. The molecule has 4 aromatic rings. The molecular weight excluding hydrogens is 444 g/mol. The Morgan fingerprint density at radius 1 is 0.879 bits per heavy atom. The summed E-state index contributed by atoms with van der Waals surface area (Å²) in [6.07, 6.45) is 0. The van der Waals surface area contributed by atoms with E-state index in [1.807, 2.05) is 35.8 Å². The predicted octanol–water partition coefficient (Wildman–Crippen LogP) is 5.20. The van der Waals surface area contributed by atoms with Gasteiger partial charge in [-0.1, -0.05) is 29.5 Å². The number of nitrogens with one attached hydrogen (secondary N) is 2. The van der Waals surface area contributed by atoms with Crippen LogP contribution < -0.4 is 10.6 Å². The van der Waals surface area contributed by atoms with Crippen molar-refractivity contribution < 1.29 is 13.6 Å². The largest absolute Gasteiger partial charge is 0.378 e. The predicted molar refractivity (Wildman–Crippen MR) is 126 cm³/mol. The maximum atomic E-state index is 13.2. The molecule has 4 rings (SSSR count). The van der Waals surface area contributed by atoms with Gasteiger partial charge in [-0.15, -0.1) is 10.2 Å². The Balaban J connectivity index is 1.50. The van der Waals surface area contributed by atoms with Crippen molar-refractivity contribution in [3.63, 3.8) is 0 Å². The molecule has 1 amide bonds. The Hall–Kier alpha value is -3.72. The van der Waals surface area contributed by atoms with Crippen molar-refractivity contribution in [1.82, 2.24) is 14.8 Å². The van der Waals surface area contributed by atoms with Crippen molar-refractivity contribution in [2.45, 2.75) is 18.6 Å². The average molecular weight is 466 g/mol. The fraction of sp³-hybridized carbons (Fsp3) is 0.125. The normalized spacial score (nSPS) is 10.8. The minimum absolute atomic E-state index is 0.104. The van der Waals surface area contributed by atoms with Crippen molar-refractivity contribution in [2.75, 3.05) is 16.4 Å². The minimum Gasteiger partial charge on any atom is -0.378 e. The van der Waals surface area contributed by atoms with E-state index in [0.717, 1.165) is 16.9 Å². The number of carbonyl (C=O) groups excluding carboxylic acids is 1. The van der Waals surface area contributed by atoms with Crippen LogP contribution in [0.25, 0.3) is 5.69 Å². The SMILES string of the molecule is Cc1ccc(-n2c(CNc3ccc(F)cc3)nnc2SCC(=O)Nc2ccc(F)cc2)cc1. The van der Waals surface area contributed by atoms with E-state index in [2.05, 4.69) is 20.8 Å². The number of benzene rings is 3. The second-order valence-electron chi connectivity index (χ2n) is 7.27. The molecular formula is C24H21F2N5OS. The van der Waals surface area contributed by atoms with E-state index in [0.29, 0.717) is 23.2 Å². The number of amides is 1. The van der Waals surface area contributed by atoms with Crippen LogP contribution in [0.4, 0.5) is 20.2 Å². The summed E-state index contributed by atoms with van der Waals surface area (Å²) in [7, 11) is 0. The first-order valence-electron chi connectivity index (χ1n) is 10.2. The summed E-state index contributed by atoms with van der Waals surface area (Å²) in [5.41, 5.74) is 3.25. The summed E-state index contributed by atoms with van der Waals surface area (Å²) < 4.78 is 28.1. The fourth-order valence-corrected chi connectivity index (χ4v) is 3.84. The molecule has 0 radical (unpaired) electrons. The number of carbonyl (C=O) groups is 1. The molecule has 2 N–H and O–H groups in total. The first kappa shape index (κ1) is 22.5. The molecule has 0 aliphatic rings. The number of aryl methyl sites for hydroxylation is 1. The molecule has 0 atom stereocenters. The molecule has 1 heterocycles. The lowest BCUT2D eigenvalue weighted by molar-refractivity contribution is -0.113. The van der Waals surface area contributed by atoms with Crippen molar-refractivity contribution in [1.29, 1.82) is 0 Å². The van der Waals surface area contributed by atoms with Crippen LogP contribution in [0.2, 0.25) is 0 Å². The highest BCUT2D eigenvalue weighted by molar-refractivity contribution is 7.99. The number of aromatic nitrogens is 3. The number of anilines is 2. The molecule has 0 spiro atoms. The van der Waals surface area contributed by atoms with Gasteiger partial charge in [-0.05, 0) is 67.6 Å². The first-order valence-corrected chi connectivity index (χ1v) is 11.2. The van der Waals surface area contributed by atoms with Crippen LogP contribution >= 0.6 is 11.8 Å². The van der Waals surface area contributed by atoms with Gasteiger partial charge in [-0.3, -0.25) is 9.36 Å². The highest BCUT2D eigenvalue weighted by Crippen LogP contribution is 2.23. The third-order valence-corrected chi connectivity index (χ3v) is 5.68. The van der Waals surface area contributed by atoms with Crippen LogP contribution in [0.15, 0.2) is 78.0 Å². The van der Waals surface area contributed by atoms with E-state index in [1.165, 1.54) is 48.2 Å². The van der Waals surface area contributed by atoms with E-state index in [9.17, 15) is 13.6 Å². The van der Waals surface area contributed by atoms with Crippen molar-refractivity contribution in [3.05, 3.63) is 95.8 Å². The molecule has 1 aromatic heterocycles. The van der Waals surface area contributed by atoms with Gasteiger partial charge in [0.2, 0.25) is 5.91 Å². The Kier molecular flexibility index (Phi) is 6.99. The Labute approximate surface area is 194 Å². The van der Waals surface area contributed by atoms with E-state index < -0.39 is 0 Å². The Morgan fingerprint density at radius 2 is 1.48 bits per heavy atom. The summed E-state index contributed by atoms with van der Waals surface area (Å²) in [6.45, 7) is 2.36. The van der Waals surface area contributed by atoms with Crippen molar-refractivity contribution in [2.24, 2.45) is 0 Å². The van der Waals surface area contributed by atoms with Crippen molar-refractivity contribution >= 4 is 29.0 Å². The number of thioether (sulfide) groups is 1. The molecule has 6 nitrogen and oxygen atoms in total. The summed E-state index contributed by atoms with van der Waals surface area (Å²) in [5, 5.41) is 15.1. The number of rotatable bonds is 8. The summed E-state index contributed by atoms with van der Waals surface area (Å²) in [6, 6.07) is 19.6. The minimum atomic E-state index is -0.365. The molecule has 0 saturated heterocycles. The molecule has 33 heavy (non-hydrogen) atoms. The molecule has 3 aromatic carbocycles. The van der Waals surface area contributed by atoms with Crippen LogP contribution in [0.3, 0.4) is 0 Å². The molecule has 0 aliphatic heterocycles. The van der Waals surface area contributed by atoms with Gasteiger partial charge in [0.05, 0.1) is 12.3 Å². The van der Waals surface area contributed by atoms with E-state index in [-0.39, 0.29) is 23.3 Å². The highest BCUT2D eigenvalue weighted by Gasteiger charge is 2.16. The zero-order chi connectivity index (χ0) is 23.2. The average Bonchev–Trinajstić information content (AvgIpc) is 3.22. The van der Waals surface area contributed by atoms with Gasteiger partial charge in [0, 0.05) is 17.1 Å². The Bertz CT molecular complexity index is 1230. The Morgan fingerprint density at radius 3 is 2.12 bits per heavy atom. The van der Waals surface area contributed by atoms with Crippen LogP contribution in [0.1, 0.15) is 11.4 Å². The molecule has 0 unspecified atom stereocenters. The van der Waals surface area contributed by atoms with E-state index in [4.69, 9.17) is 0 Å². The van der Waals surface area contributed by atoms with Gasteiger partial charge in [-0.2, -0.15) is 0 Å². The van der Waals surface area contributed by atoms with Gasteiger partial charge < -0.3 is 10.6 Å². The monoisotopic (exact) mass is 465 g/mol.